The van der Waals surface area contributed by atoms with Crippen molar-refractivity contribution >= 4 is 24.0 Å². The molecule has 0 fully saturated rings. The highest BCUT2D eigenvalue weighted by molar-refractivity contribution is 5.89. The number of carbonyl (C=O) groups excluding carboxylic acids is 3. The molecule has 6 nitrogen and oxygen atoms in total. The van der Waals surface area contributed by atoms with E-state index in [1.807, 2.05) is 0 Å². The van der Waals surface area contributed by atoms with Gasteiger partial charge in [-0.25, -0.2) is 14.4 Å². The van der Waals surface area contributed by atoms with E-state index in [1.54, 1.807) is 68.5 Å². The van der Waals surface area contributed by atoms with Crippen molar-refractivity contribution in [2.75, 3.05) is 6.61 Å². The molecule has 0 aromatic heterocycles. The third-order valence-electron chi connectivity index (χ3n) is 3.97. The van der Waals surface area contributed by atoms with Gasteiger partial charge in [0.1, 0.15) is 11.5 Å². The zero-order chi connectivity index (χ0) is 22.8. The van der Waals surface area contributed by atoms with E-state index in [9.17, 15) is 14.4 Å². The number of carbonyl (C=O) groups is 3. The van der Waals surface area contributed by atoms with E-state index in [0.29, 0.717) is 29.1 Å². The molecule has 0 atom stereocenters. The minimum atomic E-state index is -0.527. The fraction of sp³-hybridized carbons (Fsp3) is 0.160. The normalized spacial score (nSPS) is 10.4. The Morgan fingerprint density at radius 3 is 1.94 bits per heavy atom. The first kappa shape index (κ1) is 23.3. The van der Waals surface area contributed by atoms with Crippen molar-refractivity contribution in [3.63, 3.8) is 0 Å². The van der Waals surface area contributed by atoms with Gasteiger partial charge in [0, 0.05) is 23.6 Å². The Kier molecular flexibility index (Phi) is 8.52. The number of esters is 3. The van der Waals surface area contributed by atoms with E-state index in [-0.39, 0.29) is 6.61 Å². The van der Waals surface area contributed by atoms with E-state index >= 15 is 0 Å². The molecule has 2 aromatic carbocycles. The fourth-order valence-electron chi connectivity index (χ4n) is 2.26. The first-order valence-corrected chi connectivity index (χ1v) is 9.54. The summed E-state index contributed by atoms with van der Waals surface area (Å²) in [6, 6.07) is 13.6. The molecule has 0 radical (unpaired) electrons. The van der Waals surface area contributed by atoms with Crippen LogP contribution in [0.4, 0.5) is 0 Å². The number of hydrogen-bond acceptors (Lipinski definition) is 6. The molecule has 2 aromatic rings. The molecule has 6 heteroatoms. The maximum atomic E-state index is 12.0. The highest BCUT2D eigenvalue weighted by atomic mass is 16.5. The van der Waals surface area contributed by atoms with Crippen molar-refractivity contribution in [3.8, 4) is 11.5 Å². The maximum Gasteiger partial charge on any atom is 0.338 e. The van der Waals surface area contributed by atoms with Gasteiger partial charge in [0.25, 0.3) is 0 Å². The molecule has 0 bridgehead atoms. The van der Waals surface area contributed by atoms with E-state index in [4.69, 9.17) is 14.2 Å². The maximum absolute atomic E-state index is 12.0. The van der Waals surface area contributed by atoms with Crippen molar-refractivity contribution in [2.24, 2.45) is 0 Å². The van der Waals surface area contributed by atoms with Gasteiger partial charge >= 0.3 is 17.9 Å². The standard InChI is InChI=1S/C25H24O6/c1-17(2)24(27)29-16-15-20-7-10-21(11-8-20)30-23(26)14-9-19-5-12-22(13-6-19)31-25(28)18(3)4/h5-14H,1,3,15-16H2,2,4H3/b14-9+. The molecular formula is C25H24O6. The van der Waals surface area contributed by atoms with Crippen molar-refractivity contribution in [1.82, 2.24) is 0 Å². The molecule has 0 saturated carbocycles. The Morgan fingerprint density at radius 2 is 1.35 bits per heavy atom. The summed E-state index contributed by atoms with van der Waals surface area (Å²) in [4.78, 5) is 34.9. The van der Waals surface area contributed by atoms with Gasteiger partial charge in [0.2, 0.25) is 0 Å². The highest BCUT2D eigenvalue weighted by Gasteiger charge is 2.06. The third kappa shape index (κ3) is 8.14. The third-order valence-corrected chi connectivity index (χ3v) is 3.97. The second kappa shape index (κ2) is 11.3. The summed E-state index contributed by atoms with van der Waals surface area (Å²) in [5, 5.41) is 0. The predicted octanol–water partition coefficient (Wildman–Crippen LogP) is 4.45. The fourth-order valence-corrected chi connectivity index (χ4v) is 2.26. The van der Waals surface area contributed by atoms with E-state index < -0.39 is 17.9 Å². The van der Waals surface area contributed by atoms with Crippen molar-refractivity contribution in [3.05, 3.63) is 90.0 Å². The van der Waals surface area contributed by atoms with E-state index in [2.05, 4.69) is 13.2 Å². The zero-order valence-electron chi connectivity index (χ0n) is 17.6. The highest BCUT2D eigenvalue weighted by Crippen LogP contribution is 2.16. The molecule has 0 amide bonds. The van der Waals surface area contributed by atoms with Crippen LogP contribution in [-0.2, 0) is 25.5 Å². The van der Waals surface area contributed by atoms with Crippen LogP contribution in [0.5, 0.6) is 11.5 Å². The molecule has 0 unspecified atom stereocenters. The van der Waals surface area contributed by atoms with Gasteiger partial charge in [-0.3, -0.25) is 0 Å². The van der Waals surface area contributed by atoms with Crippen LogP contribution in [-0.4, -0.2) is 24.5 Å². The van der Waals surface area contributed by atoms with Gasteiger partial charge in [-0.2, -0.15) is 0 Å². The number of ether oxygens (including phenoxy) is 3. The monoisotopic (exact) mass is 420 g/mol. The summed E-state index contributed by atoms with van der Waals surface area (Å²) in [5.41, 5.74) is 2.35. The summed E-state index contributed by atoms with van der Waals surface area (Å²) >= 11 is 0. The molecular weight excluding hydrogens is 396 g/mol. The molecule has 160 valence electrons. The lowest BCUT2D eigenvalue weighted by atomic mass is 10.1. The average molecular weight is 420 g/mol. The Bertz CT molecular complexity index is 997. The minimum Gasteiger partial charge on any atom is -0.462 e. The summed E-state index contributed by atoms with van der Waals surface area (Å²) in [6.45, 7) is 10.5. The van der Waals surface area contributed by atoms with Gasteiger partial charge in [-0.15, -0.1) is 0 Å². The van der Waals surface area contributed by atoms with Crippen LogP contribution in [0.15, 0.2) is 78.9 Å². The van der Waals surface area contributed by atoms with Crippen molar-refractivity contribution in [2.45, 2.75) is 20.3 Å². The summed E-state index contributed by atoms with van der Waals surface area (Å²) in [7, 11) is 0. The van der Waals surface area contributed by atoms with Gasteiger partial charge in [0.05, 0.1) is 6.61 Å². The molecule has 31 heavy (non-hydrogen) atoms. The first-order valence-electron chi connectivity index (χ1n) is 9.54. The Balaban J connectivity index is 1.83. The second-order valence-corrected chi connectivity index (χ2v) is 6.80. The number of benzene rings is 2. The SMILES string of the molecule is C=C(C)C(=O)OCCc1ccc(OC(=O)/C=C/c2ccc(OC(=O)C(=C)C)cc2)cc1. The molecule has 0 spiro atoms. The minimum absolute atomic E-state index is 0.249. The van der Waals surface area contributed by atoms with E-state index in [1.165, 1.54) is 6.08 Å². The molecule has 0 aliphatic carbocycles. The van der Waals surface area contributed by atoms with Crippen LogP contribution in [0.25, 0.3) is 6.08 Å². The topological polar surface area (TPSA) is 78.9 Å². The van der Waals surface area contributed by atoms with Gasteiger partial charge < -0.3 is 14.2 Å². The van der Waals surface area contributed by atoms with Crippen molar-refractivity contribution < 1.29 is 28.6 Å². The van der Waals surface area contributed by atoms with Crippen LogP contribution >= 0.6 is 0 Å². The van der Waals surface area contributed by atoms with Crippen LogP contribution in [0.3, 0.4) is 0 Å². The summed E-state index contributed by atoms with van der Waals surface area (Å²) in [6.07, 6.45) is 3.45. The Hall–Kier alpha value is -3.93. The summed E-state index contributed by atoms with van der Waals surface area (Å²) < 4.78 is 15.4. The molecule has 0 aliphatic heterocycles. The lowest BCUT2D eigenvalue weighted by Gasteiger charge is -2.06. The van der Waals surface area contributed by atoms with Gasteiger partial charge in [-0.05, 0) is 55.3 Å². The molecule has 0 aliphatic rings. The van der Waals surface area contributed by atoms with Crippen LogP contribution < -0.4 is 9.47 Å². The zero-order valence-corrected chi connectivity index (χ0v) is 17.6. The molecule has 0 N–H and O–H groups in total. The average Bonchev–Trinajstić information content (AvgIpc) is 2.74. The quantitative estimate of drug-likeness (QED) is 0.339. The van der Waals surface area contributed by atoms with Gasteiger partial charge in [0.15, 0.2) is 0 Å². The van der Waals surface area contributed by atoms with Crippen molar-refractivity contribution in [1.29, 1.82) is 0 Å². The molecule has 0 saturated heterocycles. The van der Waals surface area contributed by atoms with Crippen LogP contribution in [0, 0.1) is 0 Å². The summed E-state index contributed by atoms with van der Waals surface area (Å²) in [5.74, 6) is -0.645. The van der Waals surface area contributed by atoms with Gasteiger partial charge in [-0.1, -0.05) is 37.4 Å². The Morgan fingerprint density at radius 1 is 0.806 bits per heavy atom. The molecule has 2 rings (SSSR count). The van der Waals surface area contributed by atoms with Crippen LogP contribution in [0.1, 0.15) is 25.0 Å². The largest absolute Gasteiger partial charge is 0.462 e. The Labute approximate surface area is 181 Å². The second-order valence-electron chi connectivity index (χ2n) is 6.80. The smallest absolute Gasteiger partial charge is 0.338 e. The van der Waals surface area contributed by atoms with Crippen LogP contribution in [0.2, 0.25) is 0 Å². The first-order chi connectivity index (χ1) is 14.7. The number of rotatable bonds is 9. The number of hydrogen-bond donors (Lipinski definition) is 0. The molecule has 0 heterocycles. The lowest BCUT2D eigenvalue weighted by Crippen LogP contribution is -2.08. The van der Waals surface area contributed by atoms with E-state index in [0.717, 1.165) is 11.1 Å². The predicted molar refractivity (Wildman–Crippen MR) is 117 cm³/mol. The lowest BCUT2D eigenvalue weighted by molar-refractivity contribution is -0.139.